The third kappa shape index (κ3) is 4.83. The van der Waals surface area contributed by atoms with Gasteiger partial charge in [-0.2, -0.15) is 0 Å². The number of imidazole rings is 1. The molecule has 0 saturated carbocycles. The van der Waals surface area contributed by atoms with E-state index in [-0.39, 0.29) is 11.7 Å². The van der Waals surface area contributed by atoms with Gasteiger partial charge in [-0.25, -0.2) is 9.37 Å². The monoisotopic (exact) mass is 449 g/mol. The zero-order valence-electron chi connectivity index (χ0n) is 19.0. The minimum atomic E-state index is -0.795. The third-order valence-electron chi connectivity index (χ3n) is 5.92. The summed E-state index contributed by atoms with van der Waals surface area (Å²) in [6, 6.07) is 11.2. The highest BCUT2D eigenvalue weighted by molar-refractivity contribution is 5.99. The van der Waals surface area contributed by atoms with Gasteiger partial charge in [0, 0.05) is 18.3 Å². The first-order chi connectivity index (χ1) is 15.9. The summed E-state index contributed by atoms with van der Waals surface area (Å²) >= 11 is 0. The van der Waals surface area contributed by atoms with Crippen molar-refractivity contribution in [2.45, 2.75) is 38.8 Å². The van der Waals surface area contributed by atoms with Crippen LogP contribution in [0.5, 0.6) is 5.75 Å². The highest BCUT2D eigenvalue weighted by atomic mass is 19.1. The molecule has 3 aromatic rings. The van der Waals surface area contributed by atoms with E-state index in [1.165, 1.54) is 12.1 Å². The molecule has 7 heteroatoms. The predicted molar refractivity (Wildman–Crippen MR) is 125 cm³/mol. The van der Waals surface area contributed by atoms with Crippen molar-refractivity contribution in [2.75, 3.05) is 13.7 Å². The van der Waals surface area contributed by atoms with Gasteiger partial charge >= 0.3 is 0 Å². The Hall–Kier alpha value is -3.45. The number of hydrogen-bond donors (Lipinski definition) is 1. The van der Waals surface area contributed by atoms with Gasteiger partial charge in [0.1, 0.15) is 11.6 Å². The molecule has 33 heavy (non-hydrogen) atoms. The number of piperidine rings is 1. The summed E-state index contributed by atoms with van der Waals surface area (Å²) in [6.45, 7) is 4.11. The Morgan fingerprint density at radius 3 is 2.61 bits per heavy atom. The molecule has 1 aliphatic heterocycles. The summed E-state index contributed by atoms with van der Waals surface area (Å²) in [4.78, 5) is 19.3. The number of carbonyl (C=O) groups excluding carboxylic acids is 1. The first kappa shape index (κ1) is 22.7. The average molecular weight is 450 g/mol. The highest BCUT2D eigenvalue weighted by Gasteiger charge is 2.33. The molecule has 0 bridgehead atoms. The fourth-order valence-electron chi connectivity index (χ4n) is 4.36. The van der Waals surface area contributed by atoms with Crippen LogP contribution in [0.25, 0.3) is 11.8 Å². The summed E-state index contributed by atoms with van der Waals surface area (Å²) < 4.78 is 20.9. The number of aliphatic hydroxyl groups is 1. The van der Waals surface area contributed by atoms with E-state index < -0.39 is 12.1 Å². The maximum atomic E-state index is 13.4. The van der Waals surface area contributed by atoms with Gasteiger partial charge in [0.2, 0.25) is 5.91 Å². The van der Waals surface area contributed by atoms with Crippen LogP contribution in [0.2, 0.25) is 0 Å². The molecular weight excluding hydrogens is 421 g/mol. The lowest BCUT2D eigenvalue weighted by Gasteiger charge is -2.37. The number of ether oxygens (including phenoxy) is 1. The van der Waals surface area contributed by atoms with E-state index >= 15 is 0 Å². The molecule has 1 saturated heterocycles. The van der Waals surface area contributed by atoms with E-state index in [0.717, 1.165) is 23.4 Å². The number of halogens is 1. The van der Waals surface area contributed by atoms with Crippen molar-refractivity contribution in [3.8, 4) is 11.4 Å². The number of rotatable bonds is 6. The van der Waals surface area contributed by atoms with Gasteiger partial charge in [-0.05, 0) is 68.2 Å². The van der Waals surface area contributed by atoms with Crippen LogP contribution in [-0.4, -0.2) is 45.2 Å². The van der Waals surface area contributed by atoms with Crippen molar-refractivity contribution in [1.29, 1.82) is 0 Å². The van der Waals surface area contributed by atoms with Crippen LogP contribution in [0.15, 0.2) is 60.6 Å². The zero-order valence-corrected chi connectivity index (χ0v) is 19.0. The molecule has 0 aliphatic carbocycles. The van der Waals surface area contributed by atoms with E-state index in [2.05, 4.69) is 4.98 Å². The van der Waals surface area contributed by atoms with Gasteiger partial charge in [-0.3, -0.25) is 4.79 Å². The van der Waals surface area contributed by atoms with Gasteiger partial charge in [0.25, 0.3) is 0 Å². The van der Waals surface area contributed by atoms with Gasteiger partial charge in [0.15, 0.2) is 0 Å². The number of methoxy groups -OCH3 is 1. The van der Waals surface area contributed by atoms with Crippen molar-refractivity contribution in [3.05, 3.63) is 83.2 Å². The molecule has 2 atom stereocenters. The van der Waals surface area contributed by atoms with Crippen LogP contribution in [-0.2, 0) is 4.79 Å². The molecule has 2 aromatic carbocycles. The molecule has 6 nitrogen and oxygen atoms in total. The average Bonchev–Trinajstić information content (AvgIpc) is 3.23. The number of aryl methyl sites for hydroxylation is 1. The van der Waals surface area contributed by atoms with E-state index in [0.29, 0.717) is 29.9 Å². The van der Waals surface area contributed by atoms with Gasteiger partial charge in [-0.1, -0.05) is 18.2 Å². The molecule has 0 radical (unpaired) electrons. The smallest absolute Gasteiger partial charge is 0.250 e. The lowest BCUT2D eigenvalue weighted by atomic mass is 9.94. The highest BCUT2D eigenvalue weighted by Crippen LogP contribution is 2.32. The topological polar surface area (TPSA) is 67.6 Å². The zero-order chi connectivity index (χ0) is 23.5. The number of amides is 1. The molecule has 2 heterocycles. The molecule has 1 aromatic heterocycles. The number of hydrogen-bond acceptors (Lipinski definition) is 4. The van der Waals surface area contributed by atoms with E-state index in [1.54, 1.807) is 37.4 Å². The van der Waals surface area contributed by atoms with Crippen molar-refractivity contribution in [2.24, 2.45) is 0 Å². The van der Waals surface area contributed by atoms with Crippen molar-refractivity contribution >= 4 is 12.0 Å². The molecule has 172 valence electrons. The normalized spacial score (nSPS) is 17.3. The quantitative estimate of drug-likeness (QED) is 0.565. The van der Waals surface area contributed by atoms with E-state index in [1.807, 2.05) is 42.0 Å². The maximum Gasteiger partial charge on any atom is 0.250 e. The van der Waals surface area contributed by atoms with E-state index in [4.69, 9.17) is 4.74 Å². The Morgan fingerprint density at radius 1 is 1.21 bits per heavy atom. The Labute approximate surface area is 192 Å². The Morgan fingerprint density at radius 2 is 1.97 bits per heavy atom. The number of nitrogens with zero attached hydrogens (tertiary/aromatic N) is 3. The molecule has 1 N–H and O–H groups in total. The predicted octanol–water partition coefficient (Wildman–Crippen LogP) is 4.46. The number of benzene rings is 2. The van der Waals surface area contributed by atoms with Crippen molar-refractivity contribution < 1.29 is 19.0 Å². The second kappa shape index (κ2) is 9.58. The SMILES string of the molecule is COc1cc(C=C2CCCN(C(c3ccc(F)cc3)[C@H](C)O)C2=O)ccc1-n1cnc(C)c1. The number of likely N-dealkylation sites (tertiary alicyclic amines) is 1. The first-order valence-corrected chi connectivity index (χ1v) is 11.0. The largest absolute Gasteiger partial charge is 0.495 e. The Kier molecular flexibility index (Phi) is 6.60. The molecular formula is C26H28FN3O3. The summed E-state index contributed by atoms with van der Waals surface area (Å²) in [5.74, 6) is 0.205. The lowest BCUT2D eigenvalue weighted by Crippen LogP contribution is -2.43. The second-order valence-corrected chi connectivity index (χ2v) is 8.36. The van der Waals surface area contributed by atoms with Crippen LogP contribution >= 0.6 is 0 Å². The van der Waals surface area contributed by atoms with E-state index in [9.17, 15) is 14.3 Å². The van der Waals surface area contributed by atoms with Gasteiger partial charge in [0.05, 0.1) is 37.0 Å². The molecule has 1 amide bonds. The molecule has 1 unspecified atom stereocenters. The molecule has 4 rings (SSSR count). The van der Waals surface area contributed by atoms with Crippen LogP contribution in [0.4, 0.5) is 4.39 Å². The van der Waals surface area contributed by atoms with Gasteiger partial charge < -0.3 is 19.3 Å². The minimum Gasteiger partial charge on any atom is -0.495 e. The standard InChI is InChI=1S/C26H28FN3O3/c1-17-15-29(16-28-17)23-11-6-19(14-24(23)33-3)13-21-5-4-12-30(26(21)32)25(18(2)31)20-7-9-22(27)10-8-20/h6-11,13-16,18,25,31H,4-5,12H2,1-3H3/t18-,25?/m0/s1. The van der Waals surface area contributed by atoms with Crippen molar-refractivity contribution in [3.63, 3.8) is 0 Å². The molecule has 1 aliphatic rings. The summed E-state index contributed by atoms with van der Waals surface area (Å²) in [7, 11) is 1.61. The first-order valence-electron chi connectivity index (χ1n) is 11.0. The Bertz CT molecular complexity index is 1170. The van der Waals surface area contributed by atoms with Crippen LogP contribution < -0.4 is 4.74 Å². The summed E-state index contributed by atoms with van der Waals surface area (Å²) in [5.41, 5.74) is 4.00. The summed E-state index contributed by atoms with van der Waals surface area (Å²) in [6.07, 6.45) is 6.17. The number of aliphatic hydroxyl groups excluding tert-OH is 1. The van der Waals surface area contributed by atoms with Crippen molar-refractivity contribution in [1.82, 2.24) is 14.5 Å². The Balaban J connectivity index is 1.63. The molecule has 1 fully saturated rings. The third-order valence-corrected chi connectivity index (χ3v) is 5.92. The van der Waals surface area contributed by atoms with Crippen LogP contribution in [0.3, 0.4) is 0 Å². The maximum absolute atomic E-state index is 13.4. The second-order valence-electron chi connectivity index (χ2n) is 8.36. The lowest BCUT2D eigenvalue weighted by molar-refractivity contribution is -0.133. The van der Waals surface area contributed by atoms with Crippen LogP contribution in [0.1, 0.15) is 42.6 Å². The minimum absolute atomic E-state index is 0.121. The fraction of sp³-hybridized carbons (Fsp3) is 0.308. The number of carbonyl (C=O) groups is 1. The summed E-state index contributed by atoms with van der Waals surface area (Å²) in [5, 5.41) is 10.5. The van der Waals surface area contributed by atoms with Crippen LogP contribution in [0, 0.1) is 12.7 Å². The fourth-order valence-corrected chi connectivity index (χ4v) is 4.36. The number of aromatic nitrogens is 2. The van der Waals surface area contributed by atoms with Gasteiger partial charge in [-0.15, -0.1) is 0 Å². The molecule has 0 spiro atoms.